The van der Waals surface area contributed by atoms with Crippen LogP contribution in [0, 0.1) is 6.08 Å². The third-order valence-electron chi connectivity index (χ3n) is 3.49. The van der Waals surface area contributed by atoms with Gasteiger partial charge in [0.2, 0.25) is 0 Å². The van der Waals surface area contributed by atoms with E-state index >= 15 is 0 Å². The van der Waals surface area contributed by atoms with Gasteiger partial charge in [0, 0.05) is 0 Å². The standard InChI is InChI=1S/C19H29/c1-3-5-7-9-11-13-19-16-14-18(15-17-19)12-10-8-6-4-2/h11,14-17H,3-10,12H2,1-2H3. The van der Waals surface area contributed by atoms with E-state index in [1.165, 1.54) is 62.5 Å². The summed E-state index contributed by atoms with van der Waals surface area (Å²) in [6.07, 6.45) is 17.2. The molecule has 105 valence electrons. The van der Waals surface area contributed by atoms with Gasteiger partial charge < -0.3 is 0 Å². The molecule has 1 rings (SSSR count). The first-order valence-electron chi connectivity index (χ1n) is 8.04. The Morgan fingerprint density at radius 1 is 0.842 bits per heavy atom. The van der Waals surface area contributed by atoms with Crippen LogP contribution in [0.5, 0.6) is 0 Å². The van der Waals surface area contributed by atoms with Crippen LogP contribution < -0.4 is 0 Å². The minimum Gasteiger partial charge on any atom is -0.0760 e. The van der Waals surface area contributed by atoms with Gasteiger partial charge in [0.05, 0.1) is 0 Å². The van der Waals surface area contributed by atoms with Gasteiger partial charge in [-0.3, -0.25) is 0 Å². The van der Waals surface area contributed by atoms with E-state index in [1.807, 2.05) is 0 Å². The Hall–Kier alpha value is -1.04. The minimum absolute atomic E-state index is 1.16. The molecular weight excluding hydrogens is 228 g/mol. The van der Waals surface area contributed by atoms with Crippen LogP contribution in [0.2, 0.25) is 0 Å². The van der Waals surface area contributed by atoms with E-state index in [0.717, 1.165) is 6.42 Å². The minimum atomic E-state index is 1.16. The highest BCUT2D eigenvalue weighted by molar-refractivity contribution is 5.27. The van der Waals surface area contributed by atoms with Crippen LogP contribution in [0.3, 0.4) is 0 Å². The molecule has 0 heterocycles. The predicted molar refractivity (Wildman–Crippen MR) is 85.3 cm³/mol. The summed E-state index contributed by atoms with van der Waals surface area (Å²) in [5.41, 5.74) is 2.68. The quantitative estimate of drug-likeness (QED) is 0.444. The van der Waals surface area contributed by atoms with E-state index in [4.69, 9.17) is 0 Å². The Morgan fingerprint density at radius 3 is 2.21 bits per heavy atom. The SMILES string of the molecule is CCCCC/C=[C]\c1ccc(CCCCCC)cc1. The molecule has 0 aliphatic carbocycles. The molecule has 0 amide bonds. The van der Waals surface area contributed by atoms with Crippen LogP contribution in [-0.2, 0) is 6.42 Å². The summed E-state index contributed by atoms with van der Waals surface area (Å²) in [5.74, 6) is 0. The van der Waals surface area contributed by atoms with E-state index < -0.39 is 0 Å². The van der Waals surface area contributed by atoms with E-state index in [9.17, 15) is 0 Å². The topological polar surface area (TPSA) is 0 Å². The van der Waals surface area contributed by atoms with Crippen molar-refractivity contribution in [3.63, 3.8) is 0 Å². The molecule has 0 saturated carbocycles. The fourth-order valence-corrected chi connectivity index (χ4v) is 2.21. The number of hydrogen-bond acceptors (Lipinski definition) is 0. The van der Waals surface area contributed by atoms with Gasteiger partial charge in [0.1, 0.15) is 0 Å². The van der Waals surface area contributed by atoms with Crippen molar-refractivity contribution in [1.82, 2.24) is 0 Å². The van der Waals surface area contributed by atoms with Gasteiger partial charge in [-0.2, -0.15) is 0 Å². The van der Waals surface area contributed by atoms with Crippen molar-refractivity contribution >= 4 is 0 Å². The van der Waals surface area contributed by atoms with Crippen molar-refractivity contribution in [3.8, 4) is 0 Å². The van der Waals surface area contributed by atoms with Gasteiger partial charge >= 0.3 is 0 Å². The summed E-state index contributed by atoms with van der Waals surface area (Å²) in [7, 11) is 0. The maximum atomic E-state index is 3.38. The van der Waals surface area contributed by atoms with Crippen LogP contribution >= 0.6 is 0 Å². The Balaban J connectivity index is 2.26. The van der Waals surface area contributed by atoms with Gasteiger partial charge in [-0.25, -0.2) is 0 Å². The fraction of sp³-hybridized carbons (Fsp3) is 0.579. The maximum absolute atomic E-state index is 3.38. The summed E-state index contributed by atoms with van der Waals surface area (Å²) in [6, 6.07) is 8.92. The molecule has 0 saturated heterocycles. The molecule has 0 bridgehead atoms. The maximum Gasteiger partial charge on any atom is -0.0149 e. The van der Waals surface area contributed by atoms with Crippen molar-refractivity contribution in [1.29, 1.82) is 0 Å². The molecule has 0 unspecified atom stereocenters. The summed E-state index contributed by atoms with van der Waals surface area (Å²) >= 11 is 0. The Labute approximate surface area is 119 Å². The molecule has 19 heavy (non-hydrogen) atoms. The molecule has 0 heteroatoms. The molecule has 1 aromatic rings. The second-order valence-electron chi connectivity index (χ2n) is 5.35. The normalized spacial score (nSPS) is 11.3. The average Bonchev–Trinajstić information content (AvgIpc) is 2.45. The zero-order valence-electron chi connectivity index (χ0n) is 12.8. The van der Waals surface area contributed by atoms with E-state index in [0.29, 0.717) is 0 Å². The van der Waals surface area contributed by atoms with Gasteiger partial charge in [-0.1, -0.05) is 76.3 Å². The first kappa shape index (κ1) is 16.0. The number of unbranched alkanes of at least 4 members (excludes halogenated alkanes) is 6. The molecule has 0 N–H and O–H groups in total. The van der Waals surface area contributed by atoms with Gasteiger partial charge in [0.15, 0.2) is 0 Å². The van der Waals surface area contributed by atoms with Crippen LogP contribution in [0.4, 0.5) is 0 Å². The smallest absolute Gasteiger partial charge is 0.0149 e. The number of allylic oxidation sites excluding steroid dienone is 1. The number of hydrogen-bond donors (Lipinski definition) is 0. The number of aryl methyl sites for hydroxylation is 1. The van der Waals surface area contributed by atoms with Crippen LogP contribution in [0.15, 0.2) is 30.3 Å². The third-order valence-corrected chi connectivity index (χ3v) is 3.49. The zero-order chi connectivity index (χ0) is 13.8. The number of rotatable bonds is 10. The second-order valence-corrected chi connectivity index (χ2v) is 5.35. The summed E-state index contributed by atoms with van der Waals surface area (Å²) in [5, 5.41) is 0. The molecule has 0 nitrogen and oxygen atoms in total. The lowest BCUT2D eigenvalue weighted by Crippen LogP contribution is -1.86. The van der Waals surface area contributed by atoms with Crippen molar-refractivity contribution in [2.75, 3.05) is 0 Å². The van der Waals surface area contributed by atoms with E-state index in [1.54, 1.807) is 0 Å². The first-order valence-corrected chi connectivity index (χ1v) is 8.04. The van der Waals surface area contributed by atoms with Gasteiger partial charge in [-0.15, -0.1) is 0 Å². The monoisotopic (exact) mass is 257 g/mol. The fourth-order valence-electron chi connectivity index (χ4n) is 2.21. The Kier molecular flexibility index (Phi) is 9.14. The van der Waals surface area contributed by atoms with Gasteiger partial charge in [0.25, 0.3) is 0 Å². The highest BCUT2D eigenvalue weighted by atomic mass is 14.0. The average molecular weight is 257 g/mol. The summed E-state index contributed by atoms with van der Waals surface area (Å²) < 4.78 is 0. The lowest BCUT2D eigenvalue weighted by Gasteiger charge is -2.01. The zero-order valence-corrected chi connectivity index (χ0v) is 12.8. The first-order chi connectivity index (χ1) is 9.36. The van der Waals surface area contributed by atoms with Gasteiger partial charge in [-0.05, 0) is 42.9 Å². The molecule has 0 aliphatic rings. The third kappa shape index (κ3) is 7.87. The van der Waals surface area contributed by atoms with E-state index in [2.05, 4.69) is 50.3 Å². The molecular formula is C19H29. The molecule has 0 fully saturated rings. The van der Waals surface area contributed by atoms with Crippen molar-refractivity contribution in [3.05, 3.63) is 47.5 Å². The van der Waals surface area contributed by atoms with Crippen LogP contribution in [0.1, 0.15) is 76.3 Å². The largest absolute Gasteiger partial charge is 0.0760 e. The molecule has 1 radical (unpaired) electrons. The number of benzene rings is 1. The lowest BCUT2D eigenvalue weighted by molar-refractivity contribution is 0.667. The van der Waals surface area contributed by atoms with Crippen molar-refractivity contribution in [2.24, 2.45) is 0 Å². The molecule has 0 atom stereocenters. The lowest BCUT2D eigenvalue weighted by atomic mass is 10.0. The summed E-state index contributed by atoms with van der Waals surface area (Å²) in [6.45, 7) is 4.50. The van der Waals surface area contributed by atoms with E-state index in [-0.39, 0.29) is 0 Å². The van der Waals surface area contributed by atoms with Crippen LogP contribution in [0.25, 0.3) is 0 Å². The summed E-state index contributed by atoms with van der Waals surface area (Å²) in [4.78, 5) is 0. The second kappa shape index (κ2) is 10.8. The molecule has 1 aromatic carbocycles. The molecule has 0 aromatic heterocycles. The van der Waals surface area contributed by atoms with Crippen molar-refractivity contribution in [2.45, 2.75) is 71.6 Å². The molecule has 0 aliphatic heterocycles. The van der Waals surface area contributed by atoms with Crippen LogP contribution in [-0.4, -0.2) is 0 Å². The highest BCUT2D eigenvalue weighted by Gasteiger charge is 1.94. The Bertz CT molecular complexity index is 332. The highest BCUT2D eigenvalue weighted by Crippen LogP contribution is 2.10. The predicted octanol–water partition coefficient (Wildman–Crippen LogP) is 6.10. The Morgan fingerprint density at radius 2 is 1.53 bits per heavy atom. The van der Waals surface area contributed by atoms with Crippen molar-refractivity contribution < 1.29 is 0 Å². The molecule has 0 spiro atoms.